The maximum Gasteiger partial charge on any atom is 0.346 e. The van der Waals surface area contributed by atoms with Crippen molar-refractivity contribution in [3.8, 4) is 53.2 Å². The van der Waals surface area contributed by atoms with Gasteiger partial charge in [-0.3, -0.25) is 0 Å². The molecule has 12 heteroatoms. The molecule has 0 bridgehead atoms. The number of carboxylic acid groups (broad SMARTS) is 1. The van der Waals surface area contributed by atoms with Crippen molar-refractivity contribution >= 4 is 121 Å². The van der Waals surface area contributed by atoms with Crippen LogP contribution in [0, 0.1) is 11.3 Å². The predicted octanol–water partition coefficient (Wildman–Crippen LogP) is 20.0. The van der Waals surface area contributed by atoms with Crippen molar-refractivity contribution < 1.29 is 19.4 Å². The van der Waals surface area contributed by atoms with Gasteiger partial charge in [0.25, 0.3) is 0 Å². The number of aliphatic carboxylic acids is 1. The molecule has 378 valence electrons. The molecule has 0 saturated heterocycles. The Bertz CT molecular complexity index is 3830. The summed E-state index contributed by atoms with van der Waals surface area (Å²) in [6.07, 6.45) is 16.9. The van der Waals surface area contributed by atoms with Crippen LogP contribution < -0.4 is 14.4 Å². The van der Waals surface area contributed by atoms with E-state index in [0.717, 1.165) is 117 Å². The lowest BCUT2D eigenvalue weighted by atomic mass is 10.0. The maximum atomic E-state index is 11.7. The largest absolute Gasteiger partial charge is 0.492 e. The Morgan fingerprint density at radius 2 is 1.29 bits per heavy atom. The number of nitrogens with zero attached hydrogens (tertiary/aromatic N) is 3. The highest BCUT2D eigenvalue weighted by molar-refractivity contribution is 7.40. The molecule has 11 rings (SSSR count). The fraction of sp³-hybridized carbons (Fsp3) is 0.238. The minimum atomic E-state index is -1.22. The number of para-hydroxylation sites is 3. The second-order valence-electron chi connectivity index (χ2n) is 19.0. The summed E-state index contributed by atoms with van der Waals surface area (Å²) in [6.45, 7) is 10.1. The Morgan fingerprint density at radius 1 is 0.680 bits per heavy atom. The molecule has 6 aromatic heterocycles. The van der Waals surface area contributed by atoms with Crippen molar-refractivity contribution in [2.45, 2.75) is 85.0 Å². The Labute approximate surface area is 458 Å². The number of anilines is 2. The molecule has 0 amide bonds. The van der Waals surface area contributed by atoms with Crippen LogP contribution in [0.2, 0.25) is 0 Å². The molecule has 1 aliphatic heterocycles. The van der Waals surface area contributed by atoms with E-state index in [4.69, 9.17) is 9.47 Å². The highest BCUT2D eigenvalue weighted by Crippen LogP contribution is 2.55. The van der Waals surface area contributed by atoms with E-state index in [-0.39, 0.29) is 11.5 Å². The molecule has 0 spiro atoms. The monoisotopic (exact) mass is 1080 g/mol. The summed E-state index contributed by atoms with van der Waals surface area (Å²) in [5.74, 6) is 0.737. The third kappa shape index (κ3) is 9.89. The van der Waals surface area contributed by atoms with Gasteiger partial charge in [0.2, 0.25) is 0 Å². The van der Waals surface area contributed by atoms with Gasteiger partial charge in [0.15, 0.2) is 0 Å². The second kappa shape index (κ2) is 22.2. The fourth-order valence-electron chi connectivity index (χ4n) is 10.3. The third-order valence-corrected chi connectivity index (χ3v) is 20.3. The van der Waals surface area contributed by atoms with Crippen LogP contribution in [-0.4, -0.2) is 28.9 Å². The number of aromatic nitrogens is 1. The lowest BCUT2D eigenvalue weighted by molar-refractivity contribution is -0.132. The lowest BCUT2D eigenvalue weighted by Crippen LogP contribution is -2.13. The normalized spacial score (nSPS) is 14.4. The van der Waals surface area contributed by atoms with Gasteiger partial charge in [0.05, 0.1) is 48.3 Å². The molecule has 0 fully saturated rings. The highest BCUT2D eigenvalue weighted by atomic mass is 32.1. The van der Waals surface area contributed by atoms with Gasteiger partial charge in [-0.1, -0.05) is 126 Å². The molecular formula is C63H57N3O4S5. The molecule has 7 heterocycles. The summed E-state index contributed by atoms with van der Waals surface area (Å²) in [4.78, 5) is 20.5. The van der Waals surface area contributed by atoms with Crippen LogP contribution in [0.5, 0.6) is 11.5 Å². The van der Waals surface area contributed by atoms with E-state index in [0.29, 0.717) is 13.2 Å². The van der Waals surface area contributed by atoms with Gasteiger partial charge >= 0.3 is 5.97 Å². The van der Waals surface area contributed by atoms with E-state index in [1.165, 1.54) is 67.4 Å². The lowest BCUT2D eigenvalue weighted by Gasteiger charge is -2.25. The van der Waals surface area contributed by atoms with Crippen molar-refractivity contribution in [2.24, 2.45) is 0 Å². The number of carboxylic acids is 1. The van der Waals surface area contributed by atoms with E-state index in [1.54, 1.807) is 45.3 Å². The first kappa shape index (κ1) is 50.4. The van der Waals surface area contributed by atoms with Crippen molar-refractivity contribution in [1.82, 2.24) is 4.57 Å². The standard InChI is InChI=1S/C63H57N3O4S5/c1-5-8-11-19-28-69-52-36-57(60-53(70-29-20-12-9-6-2)35-54(73-60)55-37-58-62(74-55)61-56(72-58)34-44(71-61)32-41(38-64)63(67)68)75-59(52)40-30-42(65-48(24-10-7-3)39(4)45-21-13-16-25-49(45)65)33-43(31-40)66-50-26-17-14-22-46(50)47-23-15-18-27-51(47)66/h7,10,13-18,21-27,30-37,39H,5-6,8-9,11-12,19-20,28-29H2,1-4H3,(H,67,68)/b10-7-,41-32-,48-24+. The number of hydrogen-bond donors (Lipinski definition) is 1. The molecule has 0 radical (unpaired) electrons. The maximum absolute atomic E-state index is 11.7. The zero-order valence-electron chi connectivity index (χ0n) is 42.5. The van der Waals surface area contributed by atoms with Crippen LogP contribution in [0.25, 0.3) is 82.3 Å². The summed E-state index contributed by atoms with van der Waals surface area (Å²) in [6, 6.07) is 44.0. The number of rotatable bonds is 20. The molecule has 1 atom stereocenters. The van der Waals surface area contributed by atoms with Crippen LogP contribution in [0.4, 0.5) is 11.4 Å². The van der Waals surface area contributed by atoms with Gasteiger partial charge in [0.1, 0.15) is 23.1 Å². The van der Waals surface area contributed by atoms with Crippen LogP contribution >= 0.6 is 56.7 Å². The number of benzene rings is 4. The highest BCUT2D eigenvalue weighted by Gasteiger charge is 2.33. The zero-order chi connectivity index (χ0) is 51.6. The minimum Gasteiger partial charge on any atom is -0.492 e. The van der Waals surface area contributed by atoms with Gasteiger partial charge < -0.3 is 24.0 Å². The third-order valence-electron chi connectivity index (χ3n) is 13.9. The minimum absolute atomic E-state index is 0.188. The smallest absolute Gasteiger partial charge is 0.346 e. The summed E-state index contributed by atoms with van der Waals surface area (Å²) in [5.41, 5.74) is 9.02. The first-order valence-corrected chi connectivity index (χ1v) is 30.1. The zero-order valence-corrected chi connectivity index (χ0v) is 46.6. The molecule has 1 N–H and O–H groups in total. The predicted molar refractivity (Wildman–Crippen MR) is 322 cm³/mol. The SMILES string of the molecule is C/C=C\C=C1/C(C)c2ccccc2N1c1cc(-c2sc(-c3sc(-c4cc5sc6cc(/C=C(/C#N)C(=O)O)sc6c5s4)cc3OCCCCCC)cc2OCCCCCC)cc(-n2c3ccccc3c3ccccc32)c1. The average molecular weight is 1080 g/mol. The van der Waals surface area contributed by atoms with E-state index in [1.807, 2.05) is 12.1 Å². The summed E-state index contributed by atoms with van der Waals surface area (Å²) in [7, 11) is 0. The average Bonchev–Trinajstić information content (AvgIpc) is 4.31. The first-order valence-electron chi connectivity index (χ1n) is 26.0. The van der Waals surface area contributed by atoms with Gasteiger partial charge in [-0.15, -0.1) is 56.7 Å². The number of ether oxygens (including phenoxy) is 2. The Balaban J connectivity index is 1.08. The van der Waals surface area contributed by atoms with Gasteiger partial charge in [0, 0.05) is 75.6 Å². The molecule has 0 saturated carbocycles. The van der Waals surface area contributed by atoms with Crippen molar-refractivity contribution in [3.05, 3.63) is 155 Å². The van der Waals surface area contributed by atoms with Crippen LogP contribution in [-0.2, 0) is 4.79 Å². The Morgan fingerprint density at radius 3 is 1.99 bits per heavy atom. The van der Waals surface area contributed by atoms with Gasteiger partial charge in [-0.2, -0.15) is 5.26 Å². The molecule has 1 aliphatic rings. The summed E-state index contributed by atoms with van der Waals surface area (Å²) < 4.78 is 20.8. The number of allylic oxidation sites excluding steroid dienone is 4. The molecule has 4 aromatic carbocycles. The molecule has 0 aliphatic carbocycles. The Hall–Kier alpha value is -6.72. The number of nitriles is 1. The van der Waals surface area contributed by atoms with E-state index >= 15 is 0 Å². The van der Waals surface area contributed by atoms with E-state index in [9.17, 15) is 15.2 Å². The van der Waals surface area contributed by atoms with Crippen molar-refractivity contribution in [2.75, 3.05) is 18.1 Å². The van der Waals surface area contributed by atoms with E-state index < -0.39 is 5.97 Å². The van der Waals surface area contributed by atoms with Crippen LogP contribution in [0.15, 0.2) is 145 Å². The van der Waals surface area contributed by atoms with Crippen molar-refractivity contribution in [1.29, 1.82) is 5.26 Å². The summed E-state index contributed by atoms with van der Waals surface area (Å²) in [5, 5.41) is 21.4. The van der Waals surface area contributed by atoms with E-state index in [2.05, 4.69) is 165 Å². The summed E-state index contributed by atoms with van der Waals surface area (Å²) >= 11 is 8.54. The van der Waals surface area contributed by atoms with Crippen LogP contribution in [0.3, 0.4) is 0 Å². The number of thiophene rings is 5. The Kier molecular flexibility index (Phi) is 15.0. The molecular weight excluding hydrogens is 1020 g/mol. The fourth-order valence-corrected chi connectivity index (χ4v) is 16.6. The first-order chi connectivity index (χ1) is 36.8. The molecule has 1 unspecified atom stereocenters. The molecule has 10 aromatic rings. The number of unbranched alkanes of at least 4 members (excludes halogenated alkanes) is 6. The second-order valence-corrected chi connectivity index (χ2v) is 24.3. The molecule has 7 nitrogen and oxygen atoms in total. The number of fused-ring (bicyclic) bond motifs is 7. The van der Waals surface area contributed by atoms with Crippen molar-refractivity contribution in [3.63, 3.8) is 0 Å². The van der Waals surface area contributed by atoms with Crippen LogP contribution in [0.1, 0.15) is 95.4 Å². The number of carbonyl (C=O) groups is 1. The van der Waals surface area contributed by atoms with Gasteiger partial charge in [-0.05, 0) is 91.6 Å². The quantitative estimate of drug-likeness (QED) is 0.0465. The van der Waals surface area contributed by atoms with Gasteiger partial charge in [-0.25, -0.2) is 4.79 Å². The molecule has 75 heavy (non-hydrogen) atoms. The number of hydrogen-bond acceptors (Lipinski definition) is 10. The topological polar surface area (TPSA) is 87.7 Å².